The van der Waals surface area contributed by atoms with Gasteiger partial charge in [0, 0.05) is 13.0 Å². The SMILES string of the molecule is COCc1nnc2sc(C(C)CCCN)nn12. The standard InChI is InChI=1S/C10H17N5OS/c1-7(4-3-5-11)9-14-15-8(6-16-2)12-13-10(15)17-9/h7H,3-6,11H2,1-2H3. The van der Waals surface area contributed by atoms with Gasteiger partial charge in [-0.25, -0.2) is 0 Å². The third kappa shape index (κ3) is 2.62. The van der Waals surface area contributed by atoms with Crippen LogP contribution in [0.25, 0.3) is 4.96 Å². The summed E-state index contributed by atoms with van der Waals surface area (Å²) in [4.78, 5) is 0.826. The number of rotatable bonds is 6. The molecule has 0 saturated heterocycles. The highest BCUT2D eigenvalue weighted by molar-refractivity contribution is 7.16. The van der Waals surface area contributed by atoms with Gasteiger partial charge in [-0.3, -0.25) is 0 Å². The fourth-order valence-electron chi connectivity index (χ4n) is 1.64. The molecule has 1 unspecified atom stereocenters. The number of fused-ring (bicyclic) bond motifs is 1. The van der Waals surface area contributed by atoms with E-state index in [-0.39, 0.29) is 0 Å². The molecule has 0 aliphatic rings. The van der Waals surface area contributed by atoms with Gasteiger partial charge in [0.1, 0.15) is 11.6 Å². The zero-order chi connectivity index (χ0) is 12.3. The minimum atomic E-state index is 0.417. The normalized spacial score (nSPS) is 13.4. The molecule has 0 aromatic carbocycles. The van der Waals surface area contributed by atoms with Gasteiger partial charge in [-0.15, -0.1) is 10.2 Å². The molecule has 0 radical (unpaired) electrons. The lowest BCUT2D eigenvalue weighted by molar-refractivity contribution is 0.176. The average Bonchev–Trinajstić information content (AvgIpc) is 2.88. The van der Waals surface area contributed by atoms with Gasteiger partial charge in [0.25, 0.3) is 0 Å². The first-order valence-corrected chi connectivity index (χ1v) is 6.48. The van der Waals surface area contributed by atoms with E-state index >= 15 is 0 Å². The molecule has 0 aliphatic carbocycles. The molecule has 2 heterocycles. The van der Waals surface area contributed by atoms with Gasteiger partial charge in [0.15, 0.2) is 5.82 Å². The maximum atomic E-state index is 5.51. The second-order valence-electron chi connectivity index (χ2n) is 4.02. The molecule has 2 N–H and O–H groups in total. The fourth-order valence-corrected chi connectivity index (χ4v) is 2.58. The van der Waals surface area contributed by atoms with Crippen LogP contribution in [0.2, 0.25) is 0 Å². The first-order valence-electron chi connectivity index (χ1n) is 5.66. The van der Waals surface area contributed by atoms with Crippen molar-refractivity contribution in [1.82, 2.24) is 19.8 Å². The summed E-state index contributed by atoms with van der Waals surface area (Å²) in [5, 5.41) is 13.7. The second kappa shape index (κ2) is 5.52. The van der Waals surface area contributed by atoms with E-state index in [0.717, 1.165) is 35.2 Å². The van der Waals surface area contributed by atoms with Gasteiger partial charge in [-0.2, -0.15) is 9.61 Å². The van der Waals surface area contributed by atoms with Gasteiger partial charge in [0.05, 0.1) is 0 Å². The van der Waals surface area contributed by atoms with Gasteiger partial charge in [-0.05, 0) is 19.4 Å². The number of nitrogens with zero attached hydrogens (tertiary/aromatic N) is 4. The Morgan fingerprint density at radius 1 is 1.47 bits per heavy atom. The first kappa shape index (κ1) is 12.4. The smallest absolute Gasteiger partial charge is 0.234 e. The van der Waals surface area contributed by atoms with Crippen LogP contribution in [-0.4, -0.2) is 33.5 Å². The summed E-state index contributed by atoms with van der Waals surface area (Å²) < 4.78 is 6.82. The number of ether oxygens (including phenoxy) is 1. The van der Waals surface area contributed by atoms with Crippen molar-refractivity contribution in [2.75, 3.05) is 13.7 Å². The third-order valence-corrected chi connectivity index (χ3v) is 3.74. The Morgan fingerprint density at radius 3 is 3.00 bits per heavy atom. The highest BCUT2D eigenvalue weighted by Gasteiger charge is 2.15. The summed E-state index contributed by atoms with van der Waals surface area (Å²) in [5.74, 6) is 1.16. The summed E-state index contributed by atoms with van der Waals surface area (Å²) in [6, 6.07) is 0. The quantitative estimate of drug-likeness (QED) is 0.838. The zero-order valence-electron chi connectivity index (χ0n) is 10.1. The second-order valence-corrected chi connectivity index (χ2v) is 5.00. The summed E-state index contributed by atoms with van der Waals surface area (Å²) in [6.45, 7) is 3.32. The monoisotopic (exact) mass is 255 g/mol. The zero-order valence-corrected chi connectivity index (χ0v) is 10.9. The first-order chi connectivity index (χ1) is 8.26. The highest BCUT2D eigenvalue weighted by Crippen LogP contribution is 2.25. The van der Waals surface area contributed by atoms with Crippen LogP contribution >= 0.6 is 11.3 Å². The molecule has 0 fully saturated rings. The molecular weight excluding hydrogens is 238 g/mol. The Balaban J connectivity index is 2.19. The molecule has 0 amide bonds. The van der Waals surface area contributed by atoms with Crippen LogP contribution in [0.1, 0.15) is 36.5 Å². The molecule has 7 heteroatoms. The van der Waals surface area contributed by atoms with Crippen molar-refractivity contribution in [3.63, 3.8) is 0 Å². The summed E-state index contributed by atoms with van der Waals surface area (Å²) in [7, 11) is 1.64. The largest absolute Gasteiger partial charge is 0.377 e. The van der Waals surface area contributed by atoms with Crippen LogP contribution in [0.3, 0.4) is 0 Å². The Kier molecular flexibility index (Phi) is 4.03. The average molecular weight is 255 g/mol. The molecule has 94 valence electrons. The molecule has 0 spiro atoms. The minimum Gasteiger partial charge on any atom is -0.377 e. The maximum Gasteiger partial charge on any atom is 0.234 e. The molecular formula is C10H17N5OS. The van der Waals surface area contributed by atoms with E-state index in [1.165, 1.54) is 0 Å². The van der Waals surface area contributed by atoms with Crippen LogP contribution in [0.5, 0.6) is 0 Å². The van der Waals surface area contributed by atoms with Crippen molar-refractivity contribution < 1.29 is 4.74 Å². The molecule has 2 aromatic heterocycles. The van der Waals surface area contributed by atoms with E-state index in [1.54, 1.807) is 23.0 Å². The third-order valence-electron chi connectivity index (χ3n) is 2.61. The fraction of sp³-hybridized carbons (Fsp3) is 0.700. The van der Waals surface area contributed by atoms with Gasteiger partial charge in [-0.1, -0.05) is 18.3 Å². The lowest BCUT2D eigenvalue weighted by Crippen LogP contribution is -2.03. The molecule has 0 aliphatic heterocycles. The lowest BCUT2D eigenvalue weighted by atomic mass is 10.1. The molecule has 0 saturated carbocycles. The number of hydrogen-bond acceptors (Lipinski definition) is 6. The van der Waals surface area contributed by atoms with Crippen LogP contribution in [-0.2, 0) is 11.3 Å². The van der Waals surface area contributed by atoms with E-state index in [1.807, 2.05) is 0 Å². The molecule has 1 atom stereocenters. The molecule has 2 rings (SSSR count). The predicted molar refractivity (Wildman–Crippen MR) is 66.1 cm³/mol. The summed E-state index contributed by atoms with van der Waals surface area (Å²) in [5.41, 5.74) is 5.51. The van der Waals surface area contributed by atoms with Gasteiger partial charge in [0.2, 0.25) is 4.96 Å². The van der Waals surface area contributed by atoms with Crippen LogP contribution in [0.4, 0.5) is 0 Å². The minimum absolute atomic E-state index is 0.417. The molecule has 17 heavy (non-hydrogen) atoms. The van der Waals surface area contributed by atoms with Crippen molar-refractivity contribution in [3.05, 3.63) is 10.8 Å². The topological polar surface area (TPSA) is 78.3 Å². The van der Waals surface area contributed by atoms with Crippen molar-refractivity contribution in [3.8, 4) is 0 Å². The van der Waals surface area contributed by atoms with E-state index in [0.29, 0.717) is 12.5 Å². The van der Waals surface area contributed by atoms with Crippen LogP contribution in [0, 0.1) is 0 Å². The molecule has 2 aromatic rings. The van der Waals surface area contributed by atoms with Gasteiger partial charge < -0.3 is 10.5 Å². The number of aromatic nitrogens is 4. The summed E-state index contributed by atoms with van der Waals surface area (Å²) >= 11 is 1.58. The van der Waals surface area contributed by atoms with Crippen molar-refractivity contribution in [2.45, 2.75) is 32.3 Å². The lowest BCUT2D eigenvalue weighted by Gasteiger charge is -2.05. The Bertz CT molecular complexity index is 480. The number of hydrogen-bond donors (Lipinski definition) is 1. The Hall–Kier alpha value is -1.05. The van der Waals surface area contributed by atoms with Crippen LogP contribution < -0.4 is 5.73 Å². The summed E-state index contributed by atoms with van der Waals surface area (Å²) in [6.07, 6.45) is 2.08. The van der Waals surface area contributed by atoms with E-state index in [4.69, 9.17) is 10.5 Å². The molecule has 6 nitrogen and oxygen atoms in total. The molecule has 0 bridgehead atoms. The van der Waals surface area contributed by atoms with E-state index in [2.05, 4.69) is 22.2 Å². The van der Waals surface area contributed by atoms with Crippen molar-refractivity contribution in [2.24, 2.45) is 5.73 Å². The number of nitrogens with two attached hydrogens (primary N) is 1. The van der Waals surface area contributed by atoms with Crippen molar-refractivity contribution >= 4 is 16.3 Å². The predicted octanol–water partition coefficient (Wildman–Crippen LogP) is 1.17. The van der Waals surface area contributed by atoms with Crippen LogP contribution in [0.15, 0.2) is 0 Å². The highest BCUT2D eigenvalue weighted by atomic mass is 32.1. The maximum absolute atomic E-state index is 5.51. The van der Waals surface area contributed by atoms with E-state index in [9.17, 15) is 0 Å². The Morgan fingerprint density at radius 2 is 2.29 bits per heavy atom. The number of methoxy groups -OCH3 is 1. The van der Waals surface area contributed by atoms with Crippen molar-refractivity contribution in [1.29, 1.82) is 0 Å². The Labute approximate surface area is 104 Å². The van der Waals surface area contributed by atoms with E-state index < -0.39 is 0 Å². The van der Waals surface area contributed by atoms with Gasteiger partial charge >= 0.3 is 0 Å².